The van der Waals surface area contributed by atoms with Crippen LogP contribution in [0.25, 0.3) is 0 Å². The van der Waals surface area contributed by atoms with Gasteiger partial charge in [0.1, 0.15) is 5.75 Å². The van der Waals surface area contributed by atoms with Crippen molar-refractivity contribution in [3.8, 4) is 5.75 Å². The quantitative estimate of drug-likeness (QED) is 0.533. The molecule has 1 unspecified atom stereocenters. The molecule has 0 saturated heterocycles. The van der Waals surface area contributed by atoms with Gasteiger partial charge in [-0.3, -0.25) is 0 Å². The van der Waals surface area contributed by atoms with Crippen molar-refractivity contribution in [1.29, 1.82) is 0 Å². The van der Waals surface area contributed by atoms with Crippen LogP contribution in [-0.4, -0.2) is 38.0 Å². The van der Waals surface area contributed by atoms with Gasteiger partial charge in [0.2, 0.25) is 0 Å². The Morgan fingerprint density at radius 1 is 1.16 bits per heavy atom. The van der Waals surface area contributed by atoms with Crippen molar-refractivity contribution in [2.24, 2.45) is 0 Å². The molecule has 1 atom stereocenters. The van der Waals surface area contributed by atoms with Crippen molar-refractivity contribution in [3.05, 3.63) is 29.3 Å². The predicted molar refractivity (Wildman–Crippen MR) is 90.0 cm³/mol. The Labute approximate surface area is 147 Å². The number of halogens is 3. The lowest BCUT2D eigenvalue weighted by molar-refractivity contribution is -0.0500. The lowest BCUT2D eigenvalue weighted by Crippen LogP contribution is -2.40. The van der Waals surface area contributed by atoms with Gasteiger partial charge in [0.25, 0.3) is 0 Å². The van der Waals surface area contributed by atoms with E-state index in [-0.39, 0.29) is 5.75 Å². The van der Waals surface area contributed by atoms with Crippen molar-refractivity contribution >= 4 is 10.1 Å². The molecule has 0 heterocycles. The number of benzene rings is 1. The molecule has 0 saturated carbocycles. The summed E-state index contributed by atoms with van der Waals surface area (Å²) in [6, 6.07) is 4.81. The van der Waals surface area contributed by atoms with E-state index >= 15 is 0 Å². The molecule has 0 spiro atoms. The highest BCUT2D eigenvalue weighted by Gasteiger charge is 2.48. The third-order valence-electron chi connectivity index (χ3n) is 4.41. The van der Waals surface area contributed by atoms with Crippen molar-refractivity contribution in [3.63, 3.8) is 0 Å². The van der Waals surface area contributed by atoms with Gasteiger partial charge >= 0.3 is 15.6 Å². The maximum Gasteiger partial charge on any atom is 0.534 e. The summed E-state index contributed by atoms with van der Waals surface area (Å²) in [5.74, 6) is -0.284. The van der Waals surface area contributed by atoms with Gasteiger partial charge in [0.05, 0.1) is 0 Å². The molecule has 142 valence electrons. The zero-order valence-electron chi connectivity index (χ0n) is 14.5. The SMILES string of the molecule is CCCN(CCC)C1CCc2cc(OS(=O)(=O)C(F)(F)F)ccc2C1. The van der Waals surface area contributed by atoms with E-state index in [0.29, 0.717) is 12.5 Å². The average Bonchev–Trinajstić information content (AvgIpc) is 2.53. The number of alkyl halides is 3. The van der Waals surface area contributed by atoms with Crippen molar-refractivity contribution in [1.82, 2.24) is 4.90 Å². The monoisotopic (exact) mass is 379 g/mol. The highest BCUT2D eigenvalue weighted by atomic mass is 32.2. The summed E-state index contributed by atoms with van der Waals surface area (Å²) in [5, 5.41) is 0. The van der Waals surface area contributed by atoms with E-state index in [0.717, 1.165) is 49.9 Å². The second-order valence-corrected chi connectivity index (χ2v) is 7.88. The van der Waals surface area contributed by atoms with Crippen LogP contribution in [0.3, 0.4) is 0 Å². The molecule has 0 radical (unpaired) electrons. The molecule has 0 aliphatic heterocycles. The molecule has 0 bridgehead atoms. The Morgan fingerprint density at radius 2 is 1.80 bits per heavy atom. The molecule has 2 rings (SSSR count). The molecular formula is C17H24F3NO3S. The summed E-state index contributed by atoms with van der Waals surface area (Å²) in [5.41, 5.74) is -3.52. The summed E-state index contributed by atoms with van der Waals surface area (Å²) in [7, 11) is -5.62. The lowest BCUT2D eigenvalue weighted by Gasteiger charge is -2.35. The fourth-order valence-electron chi connectivity index (χ4n) is 3.30. The lowest BCUT2D eigenvalue weighted by atomic mass is 9.87. The fourth-order valence-corrected chi connectivity index (χ4v) is 3.75. The zero-order valence-corrected chi connectivity index (χ0v) is 15.3. The predicted octanol–water partition coefficient (Wildman–Crippen LogP) is 3.89. The minimum absolute atomic E-state index is 0.284. The van der Waals surface area contributed by atoms with Gasteiger partial charge in [-0.2, -0.15) is 21.6 Å². The van der Waals surface area contributed by atoms with Crippen LogP contribution in [0.1, 0.15) is 44.2 Å². The van der Waals surface area contributed by atoms with Gasteiger partial charge < -0.3 is 9.08 Å². The van der Waals surface area contributed by atoms with E-state index in [2.05, 4.69) is 22.9 Å². The Bertz CT molecular complexity index is 683. The molecule has 1 aromatic rings. The van der Waals surface area contributed by atoms with Gasteiger partial charge in [0.15, 0.2) is 0 Å². The number of rotatable bonds is 7. The smallest absolute Gasteiger partial charge is 0.376 e. The zero-order chi connectivity index (χ0) is 18.7. The topological polar surface area (TPSA) is 46.6 Å². The maximum atomic E-state index is 12.4. The molecule has 1 aliphatic rings. The minimum atomic E-state index is -5.62. The summed E-state index contributed by atoms with van der Waals surface area (Å²) >= 11 is 0. The molecule has 8 heteroatoms. The summed E-state index contributed by atoms with van der Waals surface area (Å²) in [6.45, 7) is 6.34. The number of nitrogens with zero attached hydrogens (tertiary/aromatic N) is 1. The van der Waals surface area contributed by atoms with Crippen molar-refractivity contribution in [2.75, 3.05) is 13.1 Å². The first-order chi connectivity index (χ1) is 11.7. The number of hydrogen-bond donors (Lipinski definition) is 0. The molecule has 1 aliphatic carbocycles. The van der Waals surface area contributed by atoms with Crippen LogP contribution in [-0.2, 0) is 23.0 Å². The standard InChI is InChI=1S/C17H24F3NO3S/c1-3-9-21(10-4-2)15-7-5-14-12-16(8-6-13(14)11-15)24-25(22,23)17(18,19)20/h6,8,12,15H,3-5,7,9-11H2,1-2H3. The first-order valence-electron chi connectivity index (χ1n) is 8.54. The van der Waals surface area contributed by atoms with Gasteiger partial charge in [-0.15, -0.1) is 0 Å². The van der Waals surface area contributed by atoms with Gasteiger partial charge in [-0.1, -0.05) is 19.9 Å². The minimum Gasteiger partial charge on any atom is -0.376 e. The number of hydrogen-bond acceptors (Lipinski definition) is 4. The number of aryl methyl sites for hydroxylation is 1. The van der Waals surface area contributed by atoms with E-state index in [1.54, 1.807) is 6.07 Å². The second kappa shape index (κ2) is 7.95. The molecule has 0 N–H and O–H groups in total. The Kier molecular flexibility index (Phi) is 6.37. The van der Waals surface area contributed by atoms with Crippen LogP contribution in [0.4, 0.5) is 13.2 Å². The molecule has 1 aromatic carbocycles. The van der Waals surface area contributed by atoms with Crippen LogP contribution >= 0.6 is 0 Å². The normalized spacial score (nSPS) is 18.2. The van der Waals surface area contributed by atoms with Gasteiger partial charge in [-0.05, 0) is 68.5 Å². The molecule has 0 fully saturated rings. The largest absolute Gasteiger partial charge is 0.534 e. The van der Waals surface area contributed by atoms with Crippen LogP contribution in [0.2, 0.25) is 0 Å². The maximum absolute atomic E-state index is 12.4. The van der Waals surface area contributed by atoms with Crippen LogP contribution < -0.4 is 4.18 Å². The molecule has 0 amide bonds. The first-order valence-corrected chi connectivity index (χ1v) is 9.95. The summed E-state index contributed by atoms with van der Waals surface area (Å²) in [6.07, 6.45) is 4.58. The van der Waals surface area contributed by atoms with Crippen LogP contribution in [0, 0.1) is 0 Å². The Hall–Kier alpha value is -1.28. The van der Waals surface area contributed by atoms with E-state index in [9.17, 15) is 21.6 Å². The molecule has 4 nitrogen and oxygen atoms in total. The fraction of sp³-hybridized carbons (Fsp3) is 0.647. The van der Waals surface area contributed by atoms with Gasteiger partial charge in [0, 0.05) is 6.04 Å². The van der Waals surface area contributed by atoms with E-state index in [1.165, 1.54) is 12.1 Å². The summed E-state index contributed by atoms with van der Waals surface area (Å²) in [4.78, 5) is 2.46. The Morgan fingerprint density at radius 3 is 2.36 bits per heavy atom. The average molecular weight is 379 g/mol. The van der Waals surface area contributed by atoms with Gasteiger partial charge in [-0.25, -0.2) is 0 Å². The molecule has 25 heavy (non-hydrogen) atoms. The molecule has 0 aromatic heterocycles. The third-order valence-corrected chi connectivity index (χ3v) is 5.39. The van der Waals surface area contributed by atoms with Crippen molar-refractivity contribution in [2.45, 2.75) is 57.5 Å². The van der Waals surface area contributed by atoms with Crippen LogP contribution in [0.5, 0.6) is 5.75 Å². The van der Waals surface area contributed by atoms with E-state index < -0.39 is 15.6 Å². The summed E-state index contributed by atoms with van der Waals surface area (Å²) < 4.78 is 63.7. The van der Waals surface area contributed by atoms with E-state index in [1.807, 2.05) is 0 Å². The van der Waals surface area contributed by atoms with E-state index in [4.69, 9.17) is 0 Å². The Balaban J connectivity index is 2.13. The number of fused-ring (bicyclic) bond motifs is 1. The first kappa shape index (κ1) is 20.0. The highest BCUT2D eigenvalue weighted by Crippen LogP contribution is 2.31. The van der Waals surface area contributed by atoms with Crippen LogP contribution in [0.15, 0.2) is 18.2 Å². The second-order valence-electron chi connectivity index (χ2n) is 6.35. The molecular weight excluding hydrogens is 355 g/mol. The third kappa shape index (κ3) is 4.88. The highest BCUT2D eigenvalue weighted by molar-refractivity contribution is 7.88. The van der Waals surface area contributed by atoms with Crippen molar-refractivity contribution < 1.29 is 25.8 Å².